The van der Waals surface area contributed by atoms with Crippen molar-refractivity contribution in [3.05, 3.63) is 36.9 Å². The first-order chi connectivity index (χ1) is 11.6. The largest absolute Gasteiger partial charge is 0.468 e. The molecule has 0 bridgehead atoms. The number of carbonyl (C=O) groups excluding carboxylic acids is 1. The highest BCUT2D eigenvalue weighted by Crippen LogP contribution is 2.27. The van der Waals surface area contributed by atoms with Crippen LogP contribution < -0.4 is 4.74 Å². The zero-order chi connectivity index (χ0) is 17.1. The third-order valence-electron chi connectivity index (χ3n) is 4.17. The first kappa shape index (κ1) is 16.1. The summed E-state index contributed by atoms with van der Waals surface area (Å²) in [6.45, 7) is 4.14. The Kier molecular flexibility index (Phi) is 4.55. The zero-order valence-corrected chi connectivity index (χ0v) is 14.1. The van der Waals surface area contributed by atoms with E-state index in [2.05, 4.69) is 28.8 Å². The van der Waals surface area contributed by atoms with Crippen molar-refractivity contribution in [1.29, 1.82) is 0 Å². The van der Waals surface area contributed by atoms with Crippen molar-refractivity contribution < 1.29 is 9.53 Å². The molecule has 0 aliphatic heterocycles. The van der Waals surface area contributed by atoms with Crippen LogP contribution in [0.1, 0.15) is 31.5 Å². The van der Waals surface area contributed by atoms with E-state index in [0.29, 0.717) is 18.3 Å². The molecule has 2 heterocycles. The van der Waals surface area contributed by atoms with Gasteiger partial charge in [0.15, 0.2) is 0 Å². The van der Waals surface area contributed by atoms with Gasteiger partial charge in [-0.05, 0) is 23.6 Å². The number of ether oxygens (including phenoxy) is 1. The minimum atomic E-state index is -0.00911. The summed E-state index contributed by atoms with van der Waals surface area (Å²) in [5.74, 6) is 0.301. The summed E-state index contributed by atoms with van der Waals surface area (Å²) in [7, 11) is 1.53. The van der Waals surface area contributed by atoms with E-state index in [0.717, 1.165) is 28.6 Å². The molecule has 0 amide bonds. The van der Waals surface area contributed by atoms with Gasteiger partial charge >= 0.3 is 6.01 Å². The first-order valence-corrected chi connectivity index (χ1v) is 7.99. The van der Waals surface area contributed by atoms with Crippen LogP contribution in [-0.2, 0) is 0 Å². The molecule has 0 aliphatic rings. The Morgan fingerprint density at radius 1 is 1.25 bits per heavy atom. The summed E-state index contributed by atoms with van der Waals surface area (Å²) in [5, 5.41) is 0. The SMILES string of the molecule is CCC(C)CC(=O)n1c(OC)nc2ccc(-c3cncnc3)cc21. The maximum Gasteiger partial charge on any atom is 0.304 e. The predicted molar refractivity (Wildman–Crippen MR) is 92.0 cm³/mol. The van der Waals surface area contributed by atoms with E-state index < -0.39 is 0 Å². The number of carbonyl (C=O) groups is 1. The molecule has 0 fully saturated rings. The maximum absolute atomic E-state index is 12.7. The predicted octanol–water partition coefficient (Wildman–Crippen LogP) is 3.58. The third kappa shape index (κ3) is 2.99. The van der Waals surface area contributed by atoms with Crippen molar-refractivity contribution in [3.63, 3.8) is 0 Å². The van der Waals surface area contributed by atoms with Crippen molar-refractivity contribution in [2.75, 3.05) is 7.11 Å². The highest BCUT2D eigenvalue weighted by Gasteiger charge is 2.19. The van der Waals surface area contributed by atoms with Gasteiger partial charge in [-0.25, -0.2) is 14.5 Å². The van der Waals surface area contributed by atoms with Crippen LogP contribution in [0, 0.1) is 5.92 Å². The van der Waals surface area contributed by atoms with Crippen molar-refractivity contribution >= 4 is 16.9 Å². The Hall–Kier alpha value is -2.76. The minimum Gasteiger partial charge on any atom is -0.468 e. The molecule has 0 N–H and O–H groups in total. The molecule has 0 spiro atoms. The molecule has 6 nitrogen and oxygen atoms in total. The van der Waals surface area contributed by atoms with Crippen LogP contribution in [0.15, 0.2) is 36.9 Å². The molecule has 24 heavy (non-hydrogen) atoms. The molecule has 0 saturated carbocycles. The Morgan fingerprint density at radius 2 is 2.00 bits per heavy atom. The van der Waals surface area contributed by atoms with Crippen LogP contribution in [0.5, 0.6) is 6.01 Å². The van der Waals surface area contributed by atoms with E-state index in [-0.39, 0.29) is 5.91 Å². The van der Waals surface area contributed by atoms with Crippen molar-refractivity contribution in [1.82, 2.24) is 19.5 Å². The van der Waals surface area contributed by atoms with Gasteiger partial charge in [0, 0.05) is 24.4 Å². The fraction of sp³-hybridized carbons (Fsp3) is 0.333. The number of aromatic nitrogens is 4. The molecule has 1 atom stereocenters. The lowest BCUT2D eigenvalue weighted by Gasteiger charge is -2.10. The van der Waals surface area contributed by atoms with E-state index in [9.17, 15) is 4.79 Å². The molecule has 124 valence electrons. The van der Waals surface area contributed by atoms with Gasteiger partial charge in [-0.2, -0.15) is 4.98 Å². The van der Waals surface area contributed by atoms with Gasteiger partial charge in [-0.3, -0.25) is 4.79 Å². The zero-order valence-electron chi connectivity index (χ0n) is 14.1. The van der Waals surface area contributed by atoms with Crippen molar-refractivity contribution in [2.24, 2.45) is 5.92 Å². The standard InChI is InChI=1S/C18H20N4O2/c1-4-12(2)7-17(23)22-16-8-13(14-9-19-11-20-10-14)5-6-15(16)21-18(22)24-3/h5-6,8-12H,4,7H2,1-3H3. The summed E-state index contributed by atoms with van der Waals surface area (Å²) in [6.07, 6.45) is 6.38. The van der Waals surface area contributed by atoms with Crippen LogP contribution >= 0.6 is 0 Å². The Bertz CT molecular complexity index is 858. The van der Waals surface area contributed by atoms with Crippen LogP contribution in [0.4, 0.5) is 0 Å². The molecule has 0 aliphatic carbocycles. The number of methoxy groups -OCH3 is 1. The number of fused-ring (bicyclic) bond motifs is 1. The lowest BCUT2D eigenvalue weighted by molar-refractivity contribution is 0.0876. The number of benzene rings is 1. The number of hydrogen-bond donors (Lipinski definition) is 0. The molecule has 3 aromatic rings. The fourth-order valence-corrected chi connectivity index (χ4v) is 2.59. The Balaban J connectivity index is 2.10. The number of hydrogen-bond acceptors (Lipinski definition) is 5. The maximum atomic E-state index is 12.7. The van der Waals surface area contributed by atoms with Gasteiger partial charge < -0.3 is 4.74 Å². The van der Waals surface area contributed by atoms with E-state index in [1.807, 2.05) is 18.2 Å². The first-order valence-electron chi connectivity index (χ1n) is 7.99. The molecule has 0 radical (unpaired) electrons. The van der Waals surface area contributed by atoms with Gasteiger partial charge in [0.1, 0.15) is 6.33 Å². The minimum absolute atomic E-state index is 0.00911. The van der Waals surface area contributed by atoms with E-state index in [4.69, 9.17) is 4.74 Å². The lowest BCUT2D eigenvalue weighted by atomic mass is 10.0. The van der Waals surface area contributed by atoms with E-state index in [1.54, 1.807) is 17.0 Å². The molecule has 2 aromatic heterocycles. The molecular formula is C18H20N4O2. The second kappa shape index (κ2) is 6.78. The van der Waals surface area contributed by atoms with Gasteiger partial charge in [-0.15, -0.1) is 0 Å². The van der Waals surface area contributed by atoms with Crippen molar-refractivity contribution in [3.8, 4) is 17.1 Å². The summed E-state index contributed by atoms with van der Waals surface area (Å²) in [6, 6.07) is 6.07. The summed E-state index contributed by atoms with van der Waals surface area (Å²) < 4.78 is 6.88. The second-order valence-electron chi connectivity index (χ2n) is 5.88. The number of imidazole rings is 1. The van der Waals surface area contributed by atoms with Crippen molar-refractivity contribution in [2.45, 2.75) is 26.7 Å². The number of rotatable bonds is 5. The van der Waals surface area contributed by atoms with Gasteiger partial charge in [0.2, 0.25) is 5.91 Å². The highest BCUT2D eigenvalue weighted by atomic mass is 16.5. The average Bonchev–Trinajstić information content (AvgIpc) is 3.00. The Morgan fingerprint density at radius 3 is 2.67 bits per heavy atom. The molecule has 3 rings (SSSR count). The van der Waals surface area contributed by atoms with Gasteiger partial charge in [0.05, 0.1) is 18.1 Å². The smallest absolute Gasteiger partial charge is 0.304 e. The summed E-state index contributed by atoms with van der Waals surface area (Å²) in [5.41, 5.74) is 3.29. The molecular weight excluding hydrogens is 304 g/mol. The quantitative estimate of drug-likeness (QED) is 0.717. The second-order valence-corrected chi connectivity index (χ2v) is 5.88. The summed E-state index contributed by atoms with van der Waals surface area (Å²) >= 11 is 0. The Labute approximate surface area is 140 Å². The topological polar surface area (TPSA) is 69.9 Å². The van der Waals surface area contributed by atoms with Crippen LogP contribution in [-0.4, -0.2) is 32.5 Å². The third-order valence-corrected chi connectivity index (χ3v) is 4.17. The van der Waals surface area contributed by atoms with Gasteiger partial charge in [0.25, 0.3) is 0 Å². The summed E-state index contributed by atoms with van der Waals surface area (Å²) in [4.78, 5) is 25.2. The average molecular weight is 324 g/mol. The van der Waals surface area contributed by atoms with Crippen LogP contribution in [0.2, 0.25) is 0 Å². The molecule has 1 aromatic carbocycles. The van der Waals surface area contributed by atoms with E-state index in [1.165, 1.54) is 13.4 Å². The number of nitrogens with zero attached hydrogens (tertiary/aromatic N) is 4. The van der Waals surface area contributed by atoms with Gasteiger partial charge in [-0.1, -0.05) is 26.3 Å². The monoisotopic (exact) mass is 324 g/mol. The normalized spacial score (nSPS) is 12.3. The lowest BCUT2D eigenvalue weighted by Crippen LogP contribution is -2.15. The highest BCUT2D eigenvalue weighted by molar-refractivity contribution is 5.94. The molecule has 6 heteroatoms. The fourth-order valence-electron chi connectivity index (χ4n) is 2.59. The van der Waals surface area contributed by atoms with Crippen LogP contribution in [0.25, 0.3) is 22.2 Å². The molecule has 1 unspecified atom stereocenters. The van der Waals surface area contributed by atoms with Crippen LogP contribution in [0.3, 0.4) is 0 Å². The van der Waals surface area contributed by atoms with E-state index >= 15 is 0 Å². The molecule has 0 saturated heterocycles.